The zero-order valence-corrected chi connectivity index (χ0v) is 6.16. The lowest BCUT2D eigenvalue weighted by Gasteiger charge is -1.79. The van der Waals surface area contributed by atoms with E-state index in [4.69, 9.17) is 10.2 Å². The predicted molar refractivity (Wildman–Crippen MR) is 40.3 cm³/mol. The van der Waals surface area contributed by atoms with E-state index >= 15 is 0 Å². The highest BCUT2D eigenvalue weighted by Gasteiger charge is 1.58. The summed E-state index contributed by atoms with van der Waals surface area (Å²) in [6.07, 6.45) is 4.73. The van der Waals surface area contributed by atoms with Crippen LogP contribution < -0.4 is 0 Å². The van der Waals surface area contributed by atoms with Crippen molar-refractivity contribution in [2.45, 2.75) is 6.92 Å². The molecule has 0 spiro atoms. The van der Waals surface area contributed by atoms with Crippen molar-refractivity contribution < 1.29 is 14.9 Å². The molecule has 0 aliphatic rings. The predicted octanol–water partition coefficient (Wildman–Crippen LogP) is 0.651. The fourth-order valence-corrected chi connectivity index (χ4v) is 0.134. The van der Waals surface area contributed by atoms with Gasteiger partial charge in [0.25, 0.3) is 0 Å². The van der Waals surface area contributed by atoms with Crippen LogP contribution in [0.5, 0.6) is 0 Å². The lowest BCUT2D eigenvalue weighted by molar-refractivity contribution is 0.186. The molecule has 0 aliphatic carbocycles. The Morgan fingerprint density at radius 2 is 1.90 bits per heavy atom. The lowest BCUT2D eigenvalue weighted by atomic mass is 10.7. The number of hydrogen-bond acceptors (Lipinski definition) is 3. The van der Waals surface area contributed by atoms with E-state index in [9.17, 15) is 0 Å². The Labute approximate surface area is 61.3 Å². The summed E-state index contributed by atoms with van der Waals surface area (Å²) in [5, 5.41) is 15.2. The maximum Gasteiger partial charge on any atom is 0.0858 e. The van der Waals surface area contributed by atoms with E-state index in [-0.39, 0.29) is 13.2 Å². The first-order chi connectivity index (χ1) is 4.83. The highest BCUT2D eigenvalue weighted by atomic mass is 16.5. The molecule has 0 heterocycles. The summed E-state index contributed by atoms with van der Waals surface area (Å²) >= 11 is 0. The minimum absolute atomic E-state index is 0.125. The van der Waals surface area contributed by atoms with Crippen LogP contribution in [0.25, 0.3) is 0 Å². The SMILES string of the molecule is C=CO/C=C/C.OCCO. The largest absolute Gasteiger partial charge is 0.474 e. The summed E-state index contributed by atoms with van der Waals surface area (Å²) in [5.41, 5.74) is 0. The van der Waals surface area contributed by atoms with E-state index in [2.05, 4.69) is 11.3 Å². The second-order valence-electron chi connectivity index (χ2n) is 1.22. The van der Waals surface area contributed by atoms with E-state index < -0.39 is 0 Å². The monoisotopic (exact) mass is 146 g/mol. The van der Waals surface area contributed by atoms with Crippen molar-refractivity contribution in [3.8, 4) is 0 Å². The van der Waals surface area contributed by atoms with Crippen molar-refractivity contribution in [1.29, 1.82) is 0 Å². The summed E-state index contributed by atoms with van der Waals surface area (Å²) in [6, 6.07) is 0. The number of rotatable bonds is 3. The van der Waals surface area contributed by atoms with Crippen molar-refractivity contribution in [3.05, 3.63) is 25.2 Å². The molecule has 0 aromatic rings. The number of allylic oxidation sites excluding steroid dienone is 1. The summed E-state index contributed by atoms with van der Waals surface area (Å²) in [5.74, 6) is 0. The van der Waals surface area contributed by atoms with Gasteiger partial charge in [-0.05, 0) is 6.92 Å². The Bertz CT molecular complexity index is 76.9. The smallest absolute Gasteiger partial charge is 0.0858 e. The Morgan fingerprint density at radius 3 is 2.00 bits per heavy atom. The van der Waals surface area contributed by atoms with Gasteiger partial charge in [0.15, 0.2) is 0 Å². The van der Waals surface area contributed by atoms with Gasteiger partial charge < -0.3 is 14.9 Å². The van der Waals surface area contributed by atoms with Crippen molar-refractivity contribution >= 4 is 0 Å². The van der Waals surface area contributed by atoms with Gasteiger partial charge in [0.2, 0.25) is 0 Å². The van der Waals surface area contributed by atoms with Crippen LogP contribution in [0.2, 0.25) is 0 Å². The first-order valence-corrected chi connectivity index (χ1v) is 2.92. The number of aliphatic hydroxyl groups excluding tert-OH is 2. The molecule has 0 saturated carbocycles. The summed E-state index contributed by atoms with van der Waals surface area (Å²) in [7, 11) is 0. The van der Waals surface area contributed by atoms with Crippen LogP contribution >= 0.6 is 0 Å². The first kappa shape index (κ1) is 11.9. The minimum Gasteiger partial charge on any atom is -0.474 e. The van der Waals surface area contributed by atoms with Crippen LogP contribution in [0.3, 0.4) is 0 Å². The molecule has 0 radical (unpaired) electrons. The molecule has 0 amide bonds. The third-order valence-corrected chi connectivity index (χ3v) is 0.411. The third kappa shape index (κ3) is 27.0. The summed E-state index contributed by atoms with van der Waals surface area (Å²) < 4.78 is 4.57. The van der Waals surface area contributed by atoms with E-state index in [1.165, 1.54) is 6.26 Å². The standard InChI is InChI=1S/C5H8O.C2H6O2/c1-3-5-6-4-2;3-1-2-4/h3-5H,2H2,1H3;3-4H,1-2H2/b5-3+;. The van der Waals surface area contributed by atoms with Gasteiger partial charge in [-0.2, -0.15) is 0 Å². The molecule has 0 aromatic heterocycles. The molecular weight excluding hydrogens is 132 g/mol. The molecule has 3 nitrogen and oxygen atoms in total. The molecule has 60 valence electrons. The van der Waals surface area contributed by atoms with Gasteiger partial charge in [-0.3, -0.25) is 0 Å². The van der Waals surface area contributed by atoms with Gasteiger partial charge in [0.05, 0.1) is 25.7 Å². The molecule has 0 rings (SSSR count). The molecule has 2 N–H and O–H groups in total. The van der Waals surface area contributed by atoms with E-state index in [1.54, 1.807) is 12.3 Å². The molecule has 0 fully saturated rings. The number of aliphatic hydroxyl groups is 2. The molecule has 0 saturated heterocycles. The molecular formula is C7H14O3. The normalized spacial score (nSPS) is 8.30. The fraction of sp³-hybridized carbons (Fsp3) is 0.429. The topological polar surface area (TPSA) is 49.7 Å². The van der Waals surface area contributed by atoms with Gasteiger partial charge in [0.1, 0.15) is 0 Å². The Hall–Kier alpha value is -0.800. The Morgan fingerprint density at radius 1 is 1.40 bits per heavy atom. The van der Waals surface area contributed by atoms with Crippen LogP contribution in [0.4, 0.5) is 0 Å². The fourth-order valence-electron chi connectivity index (χ4n) is 0.134. The van der Waals surface area contributed by atoms with Gasteiger partial charge in [-0.15, -0.1) is 0 Å². The third-order valence-electron chi connectivity index (χ3n) is 0.411. The Kier molecular flexibility index (Phi) is 18.8. The van der Waals surface area contributed by atoms with Crippen LogP contribution in [0.15, 0.2) is 25.2 Å². The number of hydrogen-bond donors (Lipinski definition) is 2. The molecule has 3 heteroatoms. The molecule has 0 atom stereocenters. The molecule has 0 bridgehead atoms. The first-order valence-electron chi connectivity index (χ1n) is 2.92. The van der Waals surface area contributed by atoms with E-state index in [0.29, 0.717) is 0 Å². The van der Waals surface area contributed by atoms with Gasteiger partial charge in [-0.1, -0.05) is 12.7 Å². The highest BCUT2D eigenvalue weighted by Crippen LogP contribution is 1.72. The van der Waals surface area contributed by atoms with E-state index in [1.807, 2.05) is 6.92 Å². The zero-order valence-electron chi connectivity index (χ0n) is 6.16. The van der Waals surface area contributed by atoms with Gasteiger partial charge in [0, 0.05) is 0 Å². The van der Waals surface area contributed by atoms with Crippen molar-refractivity contribution in [2.75, 3.05) is 13.2 Å². The average molecular weight is 146 g/mol. The molecule has 0 unspecified atom stereocenters. The van der Waals surface area contributed by atoms with Crippen LogP contribution in [0, 0.1) is 0 Å². The van der Waals surface area contributed by atoms with Crippen LogP contribution in [0.1, 0.15) is 6.92 Å². The zero-order chi connectivity index (χ0) is 8.24. The summed E-state index contributed by atoms with van der Waals surface area (Å²) in [6.45, 7) is 4.95. The lowest BCUT2D eigenvalue weighted by Crippen LogP contribution is -1.85. The van der Waals surface area contributed by atoms with Crippen molar-refractivity contribution in [3.63, 3.8) is 0 Å². The quantitative estimate of drug-likeness (QED) is 0.575. The minimum atomic E-state index is -0.125. The Balaban J connectivity index is 0. The maximum absolute atomic E-state index is 7.62. The second kappa shape index (κ2) is 15.7. The number of ether oxygens (including phenoxy) is 1. The maximum atomic E-state index is 7.62. The highest BCUT2D eigenvalue weighted by molar-refractivity contribution is 4.68. The van der Waals surface area contributed by atoms with E-state index in [0.717, 1.165) is 0 Å². The van der Waals surface area contributed by atoms with Crippen LogP contribution in [-0.2, 0) is 4.74 Å². The van der Waals surface area contributed by atoms with Gasteiger partial charge >= 0.3 is 0 Å². The van der Waals surface area contributed by atoms with Crippen LogP contribution in [-0.4, -0.2) is 23.4 Å². The molecule has 0 aliphatic heterocycles. The second-order valence-corrected chi connectivity index (χ2v) is 1.22. The van der Waals surface area contributed by atoms with Crippen molar-refractivity contribution in [1.82, 2.24) is 0 Å². The average Bonchev–Trinajstić information content (AvgIpc) is 2.01. The van der Waals surface area contributed by atoms with Gasteiger partial charge in [-0.25, -0.2) is 0 Å². The summed E-state index contributed by atoms with van der Waals surface area (Å²) in [4.78, 5) is 0. The van der Waals surface area contributed by atoms with Crippen molar-refractivity contribution in [2.24, 2.45) is 0 Å². The molecule has 0 aromatic carbocycles. The molecule has 10 heavy (non-hydrogen) atoms.